The molecule has 6 heterocycles. The third kappa shape index (κ3) is 4.67. The van der Waals surface area contributed by atoms with Gasteiger partial charge in [0.25, 0.3) is 5.91 Å². The number of nitrogens with one attached hydrogen (secondary N) is 2. The second-order valence-corrected chi connectivity index (χ2v) is 13.7. The molecular weight excluding hydrogens is 626 g/mol. The predicted octanol–water partition coefficient (Wildman–Crippen LogP) is 7.47. The molecule has 9 rings (SSSR count). The average Bonchev–Trinajstić information content (AvgIpc) is 3.95. The number of methoxy groups -OCH3 is 1. The maximum absolute atomic E-state index is 14.2. The summed E-state index contributed by atoms with van der Waals surface area (Å²) in [5.41, 5.74) is 7.46. The fraction of sp³-hybridized carbons (Fsp3) is 0.270. The van der Waals surface area contributed by atoms with Gasteiger partial charge in [0, 0.05) is 28.7 Å². The number of benzene rings is 2. The van der Waals surface area contributed by atoms with Gasteiger partial charge in [-0.25, -0.2) is 14.4 Å². The highest BCUT2D eigenvalue weighted by molar-refractivity contribution is 7.23. The van der Waals surface area contributed by atoms with Crippen LogP contribution in [0.3, 0.4) is 0 Å². The number of aromatic nitrogens is 5. The standard InChI is InChI=1S/C37H32FN7O2S/c1-47-28-6-2-4-23-24(28)12-14-25(23)43-36-34-21(15-16-39-36)18-29(48-34)31-30(35-40-19-41-44-35)26(13-9-20-7-10-22(38)11-8-20)42-33-27-5-3-17-45(27)37(46)32(31)33/h2,4,6-8,10-11,15-16,18-19,25,27H,3,5,9,12-14,17H2,1H3,(H,39,43)(H,40,41,44)/t25-,27+/m1/s1. The van der Waals surface area contributed by atoms with Gasteiger partial charge in [-0.15, -0.1) is 11.3 Å². The van der Waals surface area contributed by atoms with E-state index in [0.29, 0.717) is 24.2 Å². The Morgan fingerprint density at radius 1 is 1.06 bits per heavy atom. The van der Waals surface area contributed by atoms with Crippen LogP contribution >= 0.6 is 11.3 Å². The summed E-state index contributed by atoms with van der Waals surface area (Å²) < 4.78 is 20.4. The second-order valence-electron chi connectivity index (χ2n) is 12.6. The summed E-state index contributed by atoms with van der Waals surface area (Å²) in [6, 6.07) is 17.1. The molecule has 9 nitrogen and oxygen atoms in total. The molecule has 1 saturated heterocycles. The molecule has 2 atom stereocenters. The highest BCUT2D eigenvalue weighted by Gasteiger charge is 2.44. The maximum atomic E-state index is 14.2. The molecular formula is C37H32FN7O2S. The van der Waals surface area contributed by atoms with Crippen molar-refractivity contribution in [1.82, 2.24) is 30.0 Å². The van der Waals surface area contributed by atoms with E-state index in [1.807, 2.05) is 41.4 Å². The Labute approximate surface area is 280 Å². The van der Waals surface area contributed by atoms with E-state index in [2.05, 4.69) is 32.6 Å². The van der Waals surface area contributed by atoms with Crippen LogP contribution in [-0.4, -0.2) is 49.6 Å². The highest BCUT2D eigenvalue weighted by atomic mass is 32.1. The Hall–Kier alpha value is -5.16. The molecule has 1 amide bonds. The van der Waals surface area contributed by atoms with Crippen LogP contribution in [0.2, 0.25) is 0 Å². The van der Waals surface area contributed by atoms with Crippen molar-refractivity contribution < 1.29 is 13.9 Å². The fourth-order valence-electron chi connectivity index (χ4n) is 7.79. The molecule has 1 fully saturated rings. The van der Waals surface area contributed by atoms with Crippen molar-refractivity contribution >= 4 is 33.1 Å². The summed E-state index contributed by atoms with van der Waals surface area (Å²) in [5, 5.41) is 12.1. The lowest BCUT2D eigenvalue weighted by Gasteiger charge is -2.17. The maximum Gasteiger partial charge on any atom is 0.257 e. The third-order valence-electron chi connectivity index (χ3n) is 10.00. The third-order valence-corrected chi connectivity index (χ3v) is 11.2. The number of aryl methyl sites for hydroxylation is 2. The van der Waals surface area contributed by atoms with Gasteiger partial charge in [0.15, 0.2) is 5.82 Å². The number of pyridine rings is 2. The van der Waals surface area contributed by atoms with Crippen LogP contribution in [0.1, 0.15) is 69.8 Å². The minimum Gasteiger partial charge on any atom is -0.496 e. The van der Waals surface area contributed by atoms with Crippen molar-refractivity contribution in [3.05, 3.63) is 107 Å². The number of hydrogen-bond acceptors (Lipinski definition) is 8. The zero-order valence-electron chi connectivity index (χ0n) is 26.3. The van der Waals surface area contributed by atoms with Crippen molar-refractivity contribution in [2.24, 2.45) is 0 Å². The van der Waals surface area contributed by atoms with Gasteiger partial charge in [-0.1, -0.05) is 24.3 Å². The second kappa shape index (κ2) is 11.5. The van der Waals surface area contributed by atoms with Gasteiger partial charge < -0.3 is 15.0 Å². The van der Waals surface area contributed by atoms with Crippen molar-refractivity contribution in [1.29, 1.82) is 0 Å². The molecule has 3 aliphatic rings. The average molecular weight is 658 g/mol. The van der Waals surface area contributed by atoms with Crippen LogP contribution in [0.5, 0.6) is 5.75 Å². The van der Waals surface area contributed by atoms with E-state index in [0.717, 1.165) is 86.8 Å². The van der Waals surface area contributed by atoms with Crippen LogP contribution in [0, 0.1) is 5.82 Å². The number of H-pyrrole nitrogens is 1. The van der Waals surface area contributed by atoms with E-state index in [1.165, 1.54) is 29.6 Å². The van der Waals surface area contributed by atoms with Gasteiger partial charge in [-0.05, 0) is 90.9 Å². The van der Waals surface area contributed by atoms with Gasteiger partial charge in [0.1, 0.15) is 23.7 Å². The SMILES string of the molecule is COc1cccc2c1CC[C@H]2Nc1nccc2cc(-c3c4c(nc(CCc5ccc(F)cc5)c3-c3ncn[nH]3)[C@@H]3CCCN3C4=O)sc12. The number of carbonyl (C=O) groups is 1. The lowest BCUT2D eigenvalue weighted by Crippen LogP contribution is -2.22. The minimum atomic E-state index is -0.260. The van der Waals surface area contributed by atoms with E-state index in [1.54, 1.807) is 18.4 Å². The summed E-state index contributed by atoms with van der Waals surface area (Å²) >= 11 is 1.63. The number of fused-ring (bicyclic) bond motifs is 5. The quantitative estimate of drug-likeness (QED) is 0.175. The molecule has 2 N–H and O–H groups in total. The molecule has 0 saturated carbocycles. The smallest absolute Gasteiger partial charge is 0.257 e. The minimum absolute atomic E-state index is 0.0197. The molecule has 0 spiro atoms. The molecule has 0 bridgehead atoms. The number of nitrogens with zero attached hydrogens (tertiary/aromatic N) is 5. The largest absolute Gasteiger partial charge is 0.496 e. The van der Waals surface area contributed by atoms with Crippen LogP contribution in [0.15, 0.2) is 67.1 Å². The number of ether oxygens (including phenoxy) is 1. The Bertz CT molecular complexity index is 2200. The van der Waals surface area contributed by atoms with Gasteiger partial charge in [0.05, 0.1) is 40.8 Å². The summed E-state index contributed by atoms with van der Waals surface area (Å²) in [6.07, 6.45) is 8.31. The zero-order chi connectivity index (χ0) is 32.4. The first-order valence-electron chi connectivity index (χ1n) is 16.4. The Kier molecular flexibility index (Phi) is 6.96. The number of anilines is 1. The molecule has 6 aromatic rings. The van der Waals surface area contributed by atoms with E-state index >= 15 is 0 Å². The van der Waals surface area contributed by atoms with Crippen molar-refractivity contribution in [2.75, 3.05) is 19.0 Å². The lowest BCUT2D eigenvalue weighted by molar-refractivity contribution is 0.0776. The molecule has 4 aromatic heterocycles. The van der Waals surface area contributed by atoms with E-state index in [4.69, 9.17) is 14.7 Å². The fourth-order valence-corrected chi connectivity index (χ4v) is 8.95. The number of carbonyl (C=O) groups excluding carboxylic acids is 1. The van der Waals surface area contributed by atoms with Crippen molar-refractivity contribution in [3.63, 3.8) is 0 Å². The van der Waals surface area contributed by atoms with Crippen LogP contribution < -0.4 is 10.1 Å². The number of thiophene rings is 1. The Morgan fingerprint density at radius 3 is 2.79 bits per heavy atom. The molecule has 240 valence electrons. The molecule has 2 aliphatic heterocycles. The summed E-state index contributed by atoms with van der Waals surface area (Å²) in [5.74, 6) is 2.07. The predicted molar refractivity (Wildman–Crippen MR) is 183 cm³/mol. The first kappa shape index (κ1) is 29.0. The zero-order valence-corrected chi connectivity index (χ0v) is 27.1. The topological polar surface area (TPSA) is 109 Å². The molecule has 1 aliphatic carbocycles. The van der Waals surface area contributed by atoms with Crippen LogP contribution in [0.25, 0.3) is 31.9 Å². The van der Waals surface area contributed by atoms with Gasteiger partial charge in [-0.3, -0.25) is 14.9 Å². The summed E-state index contributed by atoms with van der Waals surface area (Å²) in [4.78, 5) is 31.7. The molecule has 2 aromatic carbocycles. The Balaban J connectivity index is 1.19. The number of aromatic amines is 1. The van der Waals surface area contributed by atoms with Crippen LogP contribution in [0.4, 0.5) is 10.2 Å². The molecule has 0 radical (unpaired) electrons. The highest BCUT2D eigenvalue weighted by Crippen LogP contribution is 2.50. The normalized spacial score (nSPS) is 18.0. The summed E-state index contributed by atoms with van der Waals surface area (Å²) in [6.45, 7) is 0.722. The van der Waals surface area contributed by atoms with E-state index < -0.39 is 0 Å². The van der Waals surface area contributed by atoms with Crippen molar-refractivity contribution in [3.8, 4) is 27.6 Å². The first-order chi connectivity index (χ1) is 23.6. The summed E-state index contributed by atoms with van der Waals surface area (Å²) in [7, 11) is 1.72. The van der Waals surface area contributed by atoms with Gasteiger partial charge in [-0.2, -0.15) is 5.10 Å². The lowest BCUT2D eigenvalue weighted by atomic mass is 9.92. The number of rotatable bonds is 8. The van der Waals surface area contributed by atoms with E-state index in [-0.39, 0.29) is 23.8 Å². The van der Waals surface area contributed by atoms with E-state index in [9.17, 15) is 9.18 Å². The number of amides is 1. The monoisotopic (exact) mass is 657 g/mol. The molecule has 0 unspecified atom stereocenters. The van der Waals surface area contributed by atoms with Gasteiger partial charge in [0.2, 0.25) is 0 Å². The molecule has 48 heavy (non-hydrogen) atoms. The first-order valence-corrected chi connectivity index (χ1v) is 17.2. The number of hydrogen-bond donors (Lipinski definition) is 2. The van der Waals surface area contributed by atoms with Gasteiger partial charge >= 0.3 is 0 Å². The van der Waals surface area contributed by atoms with Crippen molar-refractivity contribution in [2.45, 2.75) is 50.6 Å². The molecule has 11 heteroatoms. The number of halogens is 1. The Morgan fingerprint density at radius 2 is 1.96 bits per heavy atom. The van der Waals surface area contributed by atoms with Crippen LogP contribution in [-0.2, 0) is 19.3 Å².